The van der Waals surface area contributed by atoms with Crippen molar-refractivity contribution in [2.45, 2.75) is 52.5 Å². The maximum absolute atomic E-state index is 14.1. The smallest absolute Gasteiger partial charge is 0.349 e. The summed E-state index contributed by atoms with van der Waals surface area (Å²) in [5.74, 6) is 1.62. The van der Waals surface area contributed by atoms with Crippen molar-refractivity contribution in [2.24, 2.45) is 16.9 Å². The summed E-state index contributed by atoms with van der Waals surface area (Å²) < 4.78 is 11.6. The van der Waals surface area contributed by atoms with Crippen molar-refractivity contribution in [3.63, 3.8) is 0 Å². The second-order valence-corrected chi connectivity index (χ2v) is 8.74. The van der Waals surface area contributed by atoms with E-state index in [2.05, 4.69) is 12.2 Å². The maximum Gasteiger partial charge on any atom is 0.349 e. The average molecular weight is 441 g/mol. The van der Waals surface area contributed by atoms with Gasteiger partial charge in [-0.1, -0.05) is 17.3 Å². The van der Waals surface area contributed by atoms with Gasteiger partial charge in [-0.15, -0.1) is 4.59 Å². The first kappa shape index (κ1) is 22.5. The molecule has 2 aliphatic heterocycles. The number of fused-ring (bicyclic) bond motifs is 1. The number of quaternary nitrogens is 1. The number of hydrogen-bond donors (Lipinski definition) is 0. The summed E-state index contributed by atoms with van der Waals surface area (Å²) in [7, 11) is 0. The molecule has 3 atom stereocenters. The Morgan fingerprint density at radius 3 is 2.47 bits per heavy atom. The Labute approximate surface area is 190 Å². The molecule has 1 aliphatic carbocycles. The first-order chi connectivity index (χ1) is 15.5. The van der Waals surface area contributed by atoms with Crippen molar-refractivity contribution in [3.05, 3.63) is 30.4 Å². The summed E-state index contributed by atoms with van der Waals surface area (Å²) in [6.45, 7) is 7.82. The number of rotatable bonds is 6. The Hall–Kier alpha value is -2.67. The van der Waals surface area contributed by atoms with Crippen LogP contribution in [0.2, 0.25) is 0 Å². The summed E-state index contributed by atoms with van der Waals surface area (Å²) in [6, 6.07) is 5.76. The van der Waals surface area contributed by atoms with E-state index in [1.165, 1.54) is 0 Å². The van der Waals surface area contributed by atoms with Crippen LogP contribution in [0, 0.1) is 11.8 Å². The highest BCUT2D eigenvalue weighted by Crippen LogP contribution is 2.44. The molecule has 0 saturated carbocycles. The minimum atomic E-state index is -0.0783. The summed E-state index contributed by atoms with van der Waals surface area (Å²) in [6.07, 6.45) is 9.34. The van der Waals surface area contributed by atoms with Gasteiger partial charge in [-0.25, -0.2) is 4.79 Å². The largest absolute Gasteiger partial charge is 0.490 e. The fourth-order valence-electron chi connectivity index (χ4n) is 5.27. The molecule has 0 radical (unpaired) electrons. The maximum atomic E-state index is 14.1. The third-order valence-electron chi connectivity index (χ3n) is 6.93. The van der Waals surface area contributed by atoms with Crippen LogP contribution in [0.3, 0.4) is 0 Å². The van der Waals surface area contributed by atoms with E-state index in [0.717, 1.165) is 31.4 Å². The van der Waals surface area contributed by atoms with Crippen LogP contribution >= 0.6 is 0 Å². The van der Waals surface area contributed by atoms with Crippen LogP contribution in [-0.2, 0) is 9.59 Å². The van der Waals surface area contributed by atoms with Gasteiger partial charge in [0.05, 0.1) is 25.3 Å². The standard InChI is InChI=1S/C25H34N3O4/c1-4-31-23-11-10-21(16-24(23)32-5-2)28(20-12-14-27(15-13-20)18(3)29)25(30)22-9-7-6-8-19(22)17-26-28/h6-7,10-11,16-17,19-20,22H,4-5,8-9,12-15H2,1-3H3/q+1/t19-,22-,28?/m1/s1. The third kappa shape index (κ3) is 3.94. The van der Waals surface area contributed by atoms with E-state index in [1.54, 1.807) is 6.92 Å². The fourth-order valence-corrected chi connectivity index (χ4v) is 5.27. The predicted octanol–water partition coefficient (Wildman–Crippen LogP) is 3.91. The number of allylic oxidation sites excluding steroid dienone is 2. The Balaban J connectivity index is 1.78. The molecule has 1 saturated heterocycles. The van der Waals surface area contributed by atoms with E-state index >= 15 is 0 Å². The molecule has 2 heterocycles. The Bertz CT molecular complexity index is 920. The average Bonchev–Trinajstić information content (AvgIpc) is 2.81. The highest BCUT2D eigenvalue weighted by Gasteiger charge is 2.55. The van der Waals surface area contributed by atoms with Crippen LogP contribution in [0.1, 0.15) is 46.5 Å². The number of hydrogen-bond acceptors (Lipinski definition) is 5. The Morgan fingerprint density at radius 1 is 1.09 bits per heavy atom. The molecule has 32 heavy (non-hydrogen) atoms. The molecule has 7 nitrogen and oxygen atoms in total. The lowest BCUT2D eigenvalue weighted by molar-refractivity contribution is -0.141. The van der Waals surface area contributed by atoms with Crippen molar-refractivity contribution in [3.8, 4) is 11.5 Å². The molecule has 172 valence electrons. The summed E-state index contributed by atoms with van der Waals surface area (Å²) in [5, 5.41) is 5.00. The second kappa shape index (κ2) is 9.45. The lowest BCUT2D eigenvalue weighted by Crippen LogP contribution is -2.64. The lowest BCUT2D eigenvalue weighted by atomic mass is 9.80. The van der Waals surface area contributed by atoms with Crippen molar-refractivity contribution in [1.29, 1.82) is 0 Å². The molecular formula is C25H34N3O4+. The van der Waals surface area contributed by atoms with Crippen molar-refractivity contribution < 1.29 is 19.1 Å². The Kier molecular flexibility index (Phi) is 6.65. The number of nitrogens with zero attached hydrogens (tertiary/aromatic N) is 3. The SMILES string of the molecule is CCOc1ccc([N+]2(C3CCN(C(C)=O)CC3)N=C[C@H]3CC=CC[C@H]3C2=O)cc1OCC. The quantitative estimate of drug-likeness (QED) is 0.497. The van der Waals surface area contributed by atoms with Gasteiger partial charge >= 0.3 is 5.91 Å². The van der Waals surface area contributed by atoms with Gasteiger partial charge in [0, 0.05) is 50.9 Å². The molecular weight excluding hydrogens is 406 g/mol. The molecule has 1 aromatic carbocycles. The number of piperidine rings is 1. The van der Waals surface area contributed by atoms with E-state index in [0.29, 0.717) is 37.8 Å². The lowest BCUT2D eigenvalue weighted by Gasteiger charge is -2.45. The molecule has 1 fully saturated rings. The molecule has 4 rings (SSSR count). The van der Waals surface area contributed by atoms with Crippen molar-refractivity contribution >= 4 is 23.7 Å². The van der Waals surface area contributed by atoms with E-state index < -0.39 is 0 Å². The molecule has 0 bridgehead atoms. The molecule has 7 heteroatoms. The van der Waals surface area contributed by atoms with Crippen LogP contribution in [0.25, 0.3) is 0 Å². The molecule has 1 unspecified atom stereocenters. The van der Waals surface area contributed by atoms with Gasteiger partial charge in [-0.3, -0.25) is 4.79 Å². The number of likely N-dealkylation sites (tertiary alicyclic amines) is 1. The van der Waals surface area contributed by atoms with Crippen LogP contribution in [0.5, 0.6) is 11.5 Å². The highest BCUT2D eigenvalue weighted by atomic mass is 16.5. The predicted molar refractivity (Wildman–Crippen MR) is 125 cm³/mol. The molecule has 3 aliphatic rings. The summed E-state index contributed by atoms with van der Waals surface area (Å²) >= 11 is 0. The monoisotopic (exact) mass is 440 g/mol. The van der Waals surface area contributed by atoms with Crippen molar-refractivity contribution in [1.82, 2.24) is 9.49 Å². The number of ether oxygens (including phenoxy) is 2. The van der Waals surface area contributed by atoms with Gasteiger partial charge < -0.3 is 14.4 Å². The zero-order chi connectivity index (χ0) is 22.7. The zero-order valence-electron chi connectivity index (χ0n) is 19.3. The Morgan fingerprint density at radius 2 is 1.78 bits per heavy atom. The molecule has 2 amide bonds. The number of carbonyl (C=O) groups excluding carboxylic acids is 2. The van der Waals surface area contributed by atoms with Crippen LogP contribution in [0.15, 0.2) is 35.5 Å². The van der Waals surface area contributed by atoms with Gasteiger partial charge in [0.1, 0.15) is 6.04 Å². The van der Waals surface area contributed by atoms with Crippen LogP contribution < -0.4 is 14.1 Å². The second-order valence-electron chi connectivity index (χ2n) is 8.74. The minimum absolute atomic E-state index is 0.0198. The molecule has 0 aromatic heterocycles. The minimum Gasteiger partial charge on any atom is -0.490 e. The summed E-state index contributed by atoms with van der Waals surface area (Å²) in [5.41, 5.74) is 0.812. The van der Waals surface area contributed by atoms with Gasteiger partial charge in [0.25, 0.3) is 0 Å². The third-order valence-corrected chi connectivity index (χ3v) is 6.93. The van der Waals surface area contributed by atoms with Gasteiger partial charge in [-0.2, -0.15) is 0 Å². The first-order valence-electron chi connectivity index (χ1n) is 11.8. The normalized spacial score (nSPS) is 27.8. The van der Waals surface area contributed by atoms with Gasteiger partial charge in [-0.05, 0) is 32.8 Å². The van der Waals surface area contributed by atoms with E-state index in [1.807, 2.05) is 43.2 Å². The van der Waals surface area contributed by atoms with Gasteiger partial charge in [0.2, 0.25) is 5.91 Å². The first-order valence-corrected chi connectivity index (χ1v) is 11.8. The van der Waals surface area contributed by atoms with E-state index in [9.17, 15) is 9.59 Å². The van der Waals surface area contributed by atoms with E-state index in [4.69, 9.17) is 14.6 Å². The number of amides is 2. The fraction of sp³-hybridized carbons (Fsp3) is 0.560. The molecule has 0 spiro atoms. The number of benzene rings is 1. The van der Waals surface area contributed by atoms with Gasteiger partial charge in [0.15, 0.2) is 17.2 Å². The van der Waals surface area contributed by atoms with E-state index in [-0.39, 0.29) is 34.3 Å². The summed E-state index contributed by atoms with van der Waals surface area (Å²) in [4.78, 5) is 27.9. The number of carbonyl (C=O) groups is 2. The molecule has 0 N–H and O–H groups in total. The topological polar surface area (TPSA) is 68.2 Å². The van der Waals surface area contributed by atoms with Crippen LogP contribution in [-0.4, -0.2) is 55.3 Å². The zero-order valence-corrected chi connectivity index (χ0v) is 19.3. The van der Waals surface area contributed by atoms with Crippen LogP contribution in [0.4, 0.5) is 5.69 Å². The highest BCUT2D eigenvalue weighted by molar-refractivity contribution is 5.96. The van der Waals surface area contributed by atoms with Crippen molar-refractivity contribution in [2.75, 3.05) is 26.3 Å². The molecule has 1 aromatic rings.